The van der Waals surface area contributed by atoms with Crippen LogP contribution in [0.1, 0.15) is 21.5 Å². The molecule has 144 valence electrons. The van der Waals surface area contributed by atoms with Gasteiger partial charge >= 0.3 is 0 Å². The second-order valence-electron chi connectivity index (χ2n) is 6.78. The van der Waals surface area contributed by atoms with Gasteiger partial charge in [0.2, 0.25) is 0 Å². The fourth-order valence-corrected chi connectivity index (χ4v) is 3.48. The lowest BCUT2D eigenvalue weighted by Gasteiger charge is -2.31. The zero-order chi connectivity index (χ0) is 19.5. The molecule has 2 amide bonds. The molecule has 0 atom stereocenters. The molecule has 2 heterocycles. The van der Waals surface area contributed by atoms with Gasteiger partial charge < -0.3 is 14.4 Å². The highest BCUT2D eigenvalue weighted by atomic mass is 16.5. The molecule has 0 unspecified atom stereocenters. The molecule has 2 aliphatic rings. The molecule has 0 aromatic heterocycles. The van der Waals surface area contributed by atoms with Crippen molar-refractivity contribution in [2.24, 2.45) is 0 Å². The van der Waals surface area contributed by atoms with Crippen molar-refractivity contribution in [1.82, 2.24) is 9.80 Å². The van der Waals surface area contributed by atoms with E-state index in [2.05, 4.69) is 4.90 Å². The first kappa shape index (κ1) is 18.3. The van der Waals surface area contributed by atoms with Gasteiger partial charge in [0, 0.05) is 24.9 Å². The van der Waals surface area contributed by atoms with Crippen LogP contribution in [-0.4, -0.2) is 55.0 Å². The van der Waals surface area contributed by atoms with E-state index in [0.717, 1.165) is 18.7 Å². The lowest BCUT2D eigenvalue weighted by molar-refractivity contribution is -0.123. The maximum absolute atomic E-state index is 13.3. The van der Waals surface area contributed by atoms with Crippen molar-refractivity contribution in [2.45, 2.75) is 6.54 Å². The first-order valence-electron chi connectivity index (χ1n) is 9.29. The van der Waals surface area contributed by atoms with E-state index < -0.39 is 0 Å². The second-order valence-corrected chi connectivity index (χ2v) is 6.78. The zero-order valence-electron chi connectivity index (χ0n) is 15.8. The molecule has 6 heteroatoms. The third-order valence-electron chi connectivity index (χ3n) is 5.01. The van der Waals surface area contributed by atoms with Crippen molar-refractivity contribution < 1.29 is 19.1 Å². The van der Waals surface area contributed by atoms with Gasteiger partial charge in [-0.05, 0) is 23.8 Å². The summed E-state index contributed by atoms with van der Waals surface area (Å²) >= 11 is 0. The number of rotatable bonds is 4. The molecule has 2 aromatic rings. The largest absolute Gasteiger partial charge is 0.497 e. The summed E-state index contributed by atoms with van der Waals surface area (Å²) in [7, 11) is 1.56. The summed E-state index contributed by atoms with van der Waals surface area (Å²) in [6, 6.07) is 14.8. The van der Waals surface area contributed by atoms with E-state index in [1.807, 2.05) is 36.5 Å². The smallest absolute Gasteiger partial charge is 0.263 e. The average molecular weight is 378 g/mol. The summed E-state index contributed by atoms with van der Waals surface area (Å²) in [5.41, 5.74) is 2.55. The minimum Gasteiger partial charge on any atom is -0.497 e. The summed E-state index contributed by atoms with van der Waals surface area (Å²) in [5.74, 6) is 0.00623. The number of carbonyl (C=O) groups is 2. The summed E-state index contributed by atoms with van der Waals surface area (Å²) in [4.78, 5) is 29.8. The number of hydrogen-bond acceptors (Lipinski definition) is 5. The van der Waals surface area contributed by atoms with Crippen molar-refractivity contribution in [2.75, 3.05) is 33.4 Å². The van der Waals surface area contributed by atoms with Crippen LogP contribution in [0.5, 0.6) is 5.75 Å². The predicted molar refractivity (Wildman–Crippen MR) is 105 cm³/mol. The van der Waals surface area contributed by atoms with Crippen LogP contribution in [0.25, 0.3) is 5.57 Å². The molecule has 0 saturated carbocycles. The van der Waals surface area contributed by atoms with Crippen LogP contribution in [0.2, 0.25) is 0 Å². The van der Waals surface area contributed by atoms with E-state index in [-0.39, 0.29) is 18.4 Å². The Morgan fingerprint density at radius 1 is 1.00 bits per heavy atom. The van der Waals surface area contributed by atoms with E-state index in [4.69, 9.17) is 9.47 Å². The Morgan fingerprint density at radius 2 is 1.75 bits per heavy atom. The molecule has 0 aliphatic carbocycles. The van der Waals surface area contributed by atoms with Gasteiger partial charge in [-0.15, -0.1) is 0 Å². The SMILES string of the molecule is COc1ccc2c(c1)C(=O)N(Cc1ccccc1)C(=O)C2=CN1CCOCC1. The van der Waals surface area contributed by atoms with Crippen LogP contribution < -0.4 is 4.74 Å². The number of imide groups is 1. The van der Waals surface area contributed by atoms with Crippen molar-refractivity contribution in [1.29, 1.82) is 0 Å². The van der Waals surface area contributed by atoms with Crippen LogP contribution in [0.3, 0.4) is 0 Å². The van der Waals surface area contributed by atoms with Crippen molar-refractivity contribution >= 4 is 17.4 Å². The van der Waals surface area contributed by atoms with E-state index in [9.17, 15) is 9.59 Å². The van der Waals surface area contributed by atoms with Gasteiger partial charge in [0.1, 0.15) is 5.75 Å². The van der Waals surface area contributed by atoms with Gasteiger partial charge in [0.05, 0.1) is 38.0 Å². The van der Waals surface area contributed by atoms with Gasteiger partial charge in [-0.3, -0.25) is 14.5 Å². The Kier molecular flexibility index (Phi) is 5.12. The van der Waals surface area contributed by atoms with Gasteiger partial charge in [-0.2, -0.15) is 0 Å². The minimum atomic E-state index is -0.304. The van der Waals surface area contributed by atoms with Gasteiger partial charge in [-0.25, -0.2) is 0 Å². The molecule has 2 aromatic carbocycles. The van der Waals surface area contributed by atoms with E-state index in [0.29, 0.717) is 35.7 Å². The molecule has 1 fully saturated rings. The van der Waals surface area contributed by atoms with Crippen LogP contribution in [0, 0.1) is 0 Å². The highest BCUT2D eigenvalue weighted by Gasteiger charge is 2.35. The lowest BCUT2D eigenvalue weighted by Crippen LogP contribution is -2.42. The van der Waals surface area contributed by atoms with Crippen LogP contribution >= 0.6 is 0 Å². The predicted octanol–water partition coefficient (Wildman–Crippen LogP) is 2.55. The number of amides is 2. The number of morpholine rings is 1. The molecule has 0 spiro atoms. The Morgan fingerprint density at radius 3 is 2.46 bits per heavy atom. The van der Waals surface area contributed by atoms with Crippen LogP contribution in [0.15, 0.2) is 54.7 Å². The lowest BCUT2D eigenvalue weighted by atomic mass is 9.93. The standard InChI is InChI=1S/C22H22N2O4/c1-27-17-7-8-18-19(13-17)21(25)24(14-16-5-3-2-4-6-16)22(26)20(18)15-23-9-11-28-12-10-23/h2-8,13,15H,9-12,14H2,1H3. The molecule has 0 bridgehead atoms. The maximum Gasteiger partial charge on any atom is 0.263 e. The highest BCUT2D eigenvalue weighted by Crippen LogP contribution is 2.32. The van der Waals surface area contributed by atoms with Crippen LogP contribution in [-0.2, 0) is 16.1 Å². The van der Waals surface area contributed by atoms with Gasteiger partial charge in [0.15, 0.2) is 0 Å². The number of nitrogens with zero attached hydrogens (tertiary/aromatic N) is 2. The minimum absolute atomic E-state index is 0.232. The van der Waals surface area contributed by atoms with Crippen molar-refractivity contribution in [3.05, 3.63) is 71.4 Å². The maximum atomic E-state index is 13.3. The third-order valence-corrected chi connectivity index (χ3v) is 5.01. The van der Waals surface area contributed by atoms with E-state index in [1.165, 1.54) is 4.90 Å². The Balaban J connectivity index is 1.76. The molecular formula is C22H22N2O4. The summed E-state index contributed by atoms with van der Waals surface area (Å²) < 4.78 is 10.7. The Hall–Kier alpha value is -3.12. The first-order valence-corrected chi connectivity index (χ1v) is 9.29. The molecular weight excluding hydrogens is 356 g/mol. The molecule has 28 heavy (non-hydrogen) atoms. The number of ether oxygens (including phenoxy) is 2. The van der Waals surface area contributed by atoms with Gasteiger partial charge in [0.25, 0.3) is 11.8 Å². The number of fused-ring (bicyclic) bond motifs is 1. The number of benzene rings is 2. The van der Waals surface area contributed by atoms with E-state index >= 15 is 0 Å². The second kappa shape index (κ2) is 7.86. The van der Waals surface area contributed by atoms with Gasteiger partial charge in [-0.1, -0.05) is 30.3 Å². The van der Waals surface area contributed by atoms with Crippen molar-refractivity contribution in [3.8, 4) is 5.75 Å². The first-order chi connectivity index (χ1) is 13.7. The summed E-state index contributed by atoms with van der Waals surface area (Å²) in [6.45, 7) is 2.92. The van der Waals surface area contributed by atoms with Crippen molar-refractivity contribution in [3.63, 3.8) is 0 Å². The fourth-order valence-electron chi connectivity index (χ4n) is 3.48. The summed E-state index contributed by atoms with van der Waals surface area (Å²) in [6.07, 6.45) is 1.86. The Labute approximate surface area is 164 Å². The number of methoxy groups -OCH3 is 1. The molecule has 6 nitrogen and oxygen atoms in total. The number of hydrogen-bond donors (Lipinski definition) is 0. The molecule has 0 N–H and O–H groups in total. The van der Waals surface area contributed by atoms with E-state index in [1.54, 1.807) is 25.3 Å². The topological polar surface area (TPSA) is 59.1 Å². The quantitative estimate of drug-likeness (QED) is 0.605. The monoisotopic (exact) mass is 378 g/mol. The normalized spacial score (nSPS) is 18.4. The molecule has 1 saturated heterocycles. The number of carbonyl (C=O) groups excluding carboxylic acids is 2. The molecule has 4 rings (SSSR count). The third kappa shape index (κ3) is 3.51. The average Bonchev–Trinajstić information content (AvgIpc) is 2.75. The summed E-state index contributed by atoms with van der Waals surface area (Å²) in [5, 5.41) is 0. The molecule has 0 radical (unpaired) electrons. The zero-order valence-corrected chi connectivity index (χ0v) is 15.8. The van der Waals surface area contributed by atoms with Crippen LogP contribution in [0.4, 0.5) is 0 Å². The fraction of sp³-hybridized carbons (Fsp3) is 0.273. The molecule has 2 aliphatic heterocycles. The Bertz CT molecular complexity index is 917. The highest BCUT2D eigenvalue weighted by molar-refractivity contribution is 6.30.